The molecular formula is C21H23NO5. The Morgan fingerprint density at radius 3 is 2.11 bits per heavy atom. The van der Waals surface area contributed by atoms with Crippen LogP contribution in [0.2, 0.25) is 0 Å². The van der Waals surface area contributed by atoms with Gasteiger partial charge in [-0.2, -0.15) is 0 Å². The zero-order valence-electron chi connectivity index (χ0n) is 15.6. The zero-order chi connectivity index (χ0) is 19.7. The maximum absolute atomic E-state index is 13.2. The molecule has 0 amide bonds. The van der Waals surface area contributed by atoms with Crippen molar-refractivity contribution in [1.29, 1.82) is 0 Å². The summed E-state index contributed by atoms with van der Waals surface area (Å²) in [5.74, 6) is -1.42. The second kappa shape index (κ2) is 7.12. The maximum Gasteiger partial charge on any atom is 0.346 e. The number of benzene rings is 2. The van der Waals surface area contributed by atoms with Crippen molar-refractivity contribution in [3.8, 4) is 0 Å². The van der Waals surface area contributed by atoms with Gasteiger partial charge in [-0.1, -0.05) is 81.4 Å². The van der Waals surface area contributed by atoms with Gasteiger partial charge in [0, 0.05) is 10.3 Å². The van der Waals surface area contributed by atoms with Crippen molar-refractivity contribution in [2.75, 3.05) is 6.54 Å². The van der Waals surface area contributed by atoms with Gasteiger partial charge in [0.1, 0.15) is 0 Å². The molecule has 0 bridgehead atoms. The largest absolute Gasteiger partial charge is 0.433 e. The number of carbonyl (C=O) groups is 1. The number of nitro groups is 1. The normalized spacial score (nSPS) is 23.7. The Labute approximate surface area is 158 Å². The third-order valence-corrected chi connectivity index (χ3v) is 4.74. The molecule has 3 rings (SSSR count). The van der Waals surface area contributed by atoms with Gasteiger partial charge in [-0.15, -0.1) is 0 Å². The Balaban J connectivity index is 2.20. The quantitative estimate of drug-likeness (QED) is 0.454. The highest BCUT2D eigenvalue weighted by Crippen LogP contribution is 2.49. The number of hydrogen-bond acceptors (Lipinski definition) is 5. The summed E-state index contributed by atoms with van der Waals surface area (Å²) in [7, 11) is 0. The van der Waals surface area contributed by atoms with E-state index in [0.29, 0.717) is 11.1 Å². The number of cyclic esters (lactones) is 1. The van der Waals surface area contributed by atoms with E-state index in [2.05, 4.69) is 0 Å². The summed E-state index contributed by atoms with van der Waals surface area (Å²) < 4.78 is 11.8. The van der Waals surface area contributed by atoms with Crippen LogP contribution in [0.25, 0.3) is 0 Å². The average molecular weight is 369 g/mol. The van der Waals surface area contributed by atoms with Crippen LogP contribution in [0, 0.1) is 15.5 Å². The summed E-state index contributed by atoms with van der Waals surface area (Å²) in [5, 5.41) is 11.5. The molecule has 1 saturated heterocycles. The molecule has 2 aromatic carbocycles. The van der Waals surface area contributed by atoms with E-state index < -0.39 is 40.7 Å². The topological polar surface area (TPSA) is 78.7 Å². The monoisotopic (exact) mass is 369 g/mol. The molecule has 142 valence electrons. The van der Waals surface area contributed by atoms with Crippen LogP contribution in [0.4, 0.5) is 0 Å². The van der Waals surface area contributed by atoms with Gasteiger partial charge in [-0.05, 0) is 11.1 Å². The van der Waals surface area contributed by atoms with Gasteiger partial charge in [-0.3, -0.25) is 10.1 Å². The molecule has 0 N–H and O–H groups in total. The summed E-state index contributed by atoms with van der Waals surface area (Å²) in [5.41, 5.74) is -0.836. The van der Waals surface area contributed by atoms with Gasteiger partial charge in [0.05, 0.1) is 5.92 Å². The number of ether oxygens (including phenoxy) is 2. The van der Waals surface area contributed by atoms with Crippen LogP contribution in [0.1, 0.15) is 37.8 Å². The van der Waals surface area contributed by atoms with Crippen LogP contribution in [-0.4, -0.2) is 23.7 Å². The van der Waals surface area contributed by atoms with E-state index in [-0.39, 0.29) is 0 Å². The van der Waals surface area contributed by atoms with Crippen LogP contribution in [0.5, 0.6) is 0 Å². The lowest BCUT2D eigenvalue weighted by atomic mass is 9.77. The van der Waals surface area contributed by atoms with Crippen molar-refractivity contribution in [3.05, 3.63) is 81.9 Å². The number of rotatable bonds is 5. The fourth-order valence-corrected chi connectivity index (χ4v) is 3.38. The van der Waals surface area contributed by atoms with Crippen LogP contribution >= 0.6 is 0 Å². The molecule has 1 aliphatic heterocycles. The lowest BCUT2D eigenvalue weighted by Crippen LogP contribution is -2.43. The van der Waals surface area contributed by atoms with E-state index in [0.717, 1.165) is 0 Å². The first-order valence-electron chi connectivity index (χ1n) is 8.86. The van der Waals surface area contributed by atoms with E-state index in [4.69, 9.17) is 9.47 Å². The molecule has 0 radical (unpaired) electrons. The molecule has 0 saturated carbocycles. The molecule has 0 unspecified atom stereocenters. The first-order chi connectivity index (χ1) is 12.7. The fourth-order valence-electron chi connectivity index (χ4n) is 3.38. The number of hydrogen-bond donors (Lipinski definition) is 0. The van der Waals surface area contributed by atoms with Crippen molar-refractivity contribution in [2.45, 2.75) is 38.6 Å². The van der Waals surface area contributed by atoms with Gasteiger partial charge < -0.3 is 9.47 Å². The van der Waals surface area contributed by atoms with Crippen LogP contribution in [0.15, 0.2) is 60.7 Å². The number of carbonyl (C=O) groups excluding carboxylic acids is 1. The van der Waals surface area contributed by atoms with Gasteiger partial charge in [0.25, 0.3) is 0 Å². The lowest BCUT2D eigenvalue weighted by Gasteiger charge is -2.33. The Kier molecular flexibility index (Phi) is 5.02. The molecule has 6 heteroatoms. The molecule has 1 fully saturated rings. The van der Waals surface area contributed by atoms with Crippen LogP contribution in [-0.2, 0) is 19.9 Å². The minimum Gasteiger partial charge on any atom is -0.433 e. The predicted octanol–water partition coefficient (Wildman–Crippen LogP) is 3.89. The minimum atomic E-state index is -1.58. The molecule has 27 heavy (non-hydrogen) atoms. The van der Waals surface area contributed by atoms with Gasteiger partial charge in [0.15, 0.2) is 0 Å². The first-order valence-corrected chi connectivity index (χ1v) is 8.86. The summed E-state index contributed by atoms with van der Waals surface area (Å²) >= 11 is 0. The van der Waals surface area contributed by atoms with Crippen LogP contribution in [0.3, 0.4) is 0 Å². The van der Waals surface area contributed by atoms with Gasteiger partial charge >= 0.3 is 5.97 Å². The van der Waals surface area contributed by atoms with Crippen molar-refractivity contribution >= 4 is 5.97 Å². The summed E-state index contributed by atoms with van der Waals surface area (Å²) in [6.45, 7) is 5.25. The highest BCUT2D eigenvalue weighted by atomic mass is 16.8. The maximum atomic E-state index is 13.2. The van der Waals surface area contributed by atoms with Crippen LogP contribution < -0.4 is 0 Å². The third kappa shape index (κ3) is 3.57. The summed E-state index contributed by atoms with van der Waals surface area (Å²) in [6, 6.07) is 17.9. The Morgan fingerprint density at radius 2 is 1.63 bits per heavy atom. The molecule has 1 heterocycles. The van der Waals surface area contributed by atoms with E-state index in [1.807, 2.05) is 32.9 Å². The first kappa shape index (κ1) is 19.0. The molecule has 6 nitrogen and oxygen atoms in total. The molecule has 0 aromatic heterocycles. The highest BCUT2D eigenvalue weighted by molar-refractivity contribution is 5.84. The van der Waals surface area contributed by atoms with Crippen molar-refractivity contribution in [2.24, 2.45) is 5.41 Å². The highest BCUT2D eigenvalue weighted by Gasteiger charge is 2.60. The number of nitrogens with zero attached hydrogens (tertiary/aromatic N) is 1. The van der Waals surface area contributed by atoms with E-state index >= 15 is 0 Å². The second-order valence-corrected chi connectivity index (χ2v) is 7.80. The number of esters is 1. The van der Waals surface area contributed by atoms with Crippen molar-refractivity contribution < 1.29 is 19.2 Å². The Morgan fingerprint density at radius 1 is 1.07 bits per heavy atom. The fraction of sp³-hybridized carbons (Fsp3) is 0.381. The third-order valence-electron chi connectivity index (χ3n) is 4.74. The SMILES string of the molecule is CC(C)(C)[C@@H]1OC(=O)[C@@](c2ccccc2)([C@@H](C[N+](=O)[O-])c2ccccc2)O1. The molecule has 2 aromatic rings. The van der Waals surface area contributed by atoms with E-state index in [1.54, 1.807) is 48.5 Å². The molecular weight excluding hydrogens is 346 g/mol. The van der Waals surface area contributed by atoms with Gasteiger partial charge in [-0.25, -0.2) is 4.79 Å². The van der Waals surface area contributed by atoms with Crippen molar-refractivity contribution in [3.63, 3.8) is 0 Å². The average Bonchev–Trinajstić information content (AvgIpc) is 2.99. The standard InChI is InChI=1S/C21H23NO5/c1-20(2,3)19-26-18(23)21(27-19,16-12-8-5-9-13-16)17(14-22(24)25)15-10-6-4-7-11-15/h4-13,17,19H,14H2,1-3H3/t17-,19+,21+/m0/s1. The van der Waals surface area contributed by atoms with E-state index in [9.17, 15) is 14.9 Å². The molecule has 3 atom stereocenters. The molecule has 0 spiro atoms. The summed E-state index contributed by atoms with van der Waals surface area (Å²) in [4.78, 5) is 24.3. The second-order valence-electron chi connectivity index (χ2n) is 7.80. The molecule has 1 aliphatic rings. The van der Waals surface area contributed by atoms with E-state index in [1.165, 1.54) is 0 Å². The molecule has 0 aliphatic carbocycles. The van der Waals surface area contributed by atoms with Crippen molar-refractivity contribution in [1.82, 2.24) is 0 Å². The lowest BCUT2D eigenvalue weighted by molar-refractivity contribution is -0.487. The van der Waals surface area contributed by atoms with Gasteiger partial charge in [0.2, 0.25) is 18.4 Å². The Hall–Kier alpha value is -2.73. The predicted molar refractivity (Wildman–Crippen MR) is 99.6 cm³/mol. The summed E-state index contributed by atoms with van der Waals surface area (Å²) in [6.07, 6.45) is -0.803. The smallest absolute Gasteiger partial charge is 0.346 e. The zero-order valence-corrected chi connectivity index (χ0v) is 15.6. The Bertz CT molecular complexity index is 815. The minimum absolute atomic E-state index is 0.413.